The Labute approximate surface area is 109 Å². The van der Waals surface area contributed by atoms with Gasteiger partial charge in [0.25, 0.3) is 6.43 Å². The average molecular weight is 267 g/mol. The number of hydrogen-bond acceptors (Lipinski definition) is 3. The van der Waals surface area contributed by atoms with Crippen molar-refractivity contribution < 1.29 is 13.5 Å². The van der Waals surface area contributed by atoms with Gasteiger partial charge in [-0.15, -0.1) is 0 Å². The van der Waals surface area contributed by atoms with Crippen molar-refractivity contribution in [2.24, 2.45) is 0 Å². The molecule has 0 aliphatic rings. The van der Waals surface area contributed by atoms with E-state index >= 15 is 0 Å². The second-order valence-electron chi connectivity index (χ2n) is 4.45. The van der Waals surface area contributed by atoms with Crippen LogP contribution in [-0.4, -0.2) is 9.78 Å². The van der Waals surface area contributed by atoms with E-state index in [1.165, 1.54) is 24.4 Å². The maximum atomic E-state index is 12.9. The number of anilines is 1. The first kappa shape index (κ1) is 13.3. The molecule has 0 aliphatic carbocycles. The first-order valence-electron chi connectivity index (χ1n) is 5.87. The molecule has 0 fully saturated rings. The smallest absolute Gasteiger partial charge is 0.267 e. The number of aromatic nitrogens is 2. The predicted octanol–water partition coefficient (Wildman–Crippen LogP) is 3.78. The minimum Gasteiger partial charge on any atom is -0.454 e. The summed E-state index contributed by atoms with van der Waals surface area (Å²) in [5.74, 6) is 0.507. The van der Waals surface area contributed by atoms with Gasteiger partial charge >= 0.3 is 0 Å². The summed E-state index contributed by atoms with van der Waals surface area (Å²) in [6, 6.07) is 4.35. The van der Waals surface area contributed by atoms with E-state index in [-0.39, 0.29) is 23.0 Å². The summed E-state index contributed by atoms with van der Waals surface area (Å²) in [4.78, 5) is 0. The quantitative estimate of drug-likeness (QED) is 0.858. The molecule has 4 nitrogen and oxygen atoms in total. The summed E-state index contributed by atoms with van der Waals surface area (Å²) in [6.07, 6.45) is 0.514. The number of rotatable bonds is 4. The molecule has 0 saturated carbocycles. The molecule has 2 aromatic rings. The van der Waals surface area contributed by atoms with E-state index in [0.717, 1.165) is 0 Å². The zero-order valence-electron chi connectivity index (χ0n) is 10.7. The zero-order valence-corrected chi connectivity index (χ0v) is 10.7. The molecule has 2 rings (SSSR count). The maximum absolute atomic E-state index is 12.9. The summed E-state index contributed by atoms with van der Waals surface area (Å²) in [6.45, 7) is 3.93. The highest BCUT2D eigenvalue weighted by Gasteiger charge is 2.16. The Kier molecular flexibility index (Phi) is 3.69. The Morgan fingerprint density at radius 2 is 2.05 bits per heavy atom. The van der Waals surface area contributed by atoms with Crippen molar-refractivity contribution in [3.8, 4) is 11.5 Å². The van der Waals surface area contributed by atoms with Gasteiger partial charge in [-0.1, -0.05) is 0 Å². The lowest BCUT2D eigenvalue weighted by Crippen LogP contribution is -1.99. The second kappa shape index (κ2) is 5.26. The summed E-state index contributed by atoms with van der Waals surface area (Å²) < 4.78 is 32.9. The Bertz CT molecular complexity index is 567. The van der Waals surface area contributed by atoms with Crippen LogP contribution >= 0.6 is 0 Å². The Morgan fingerprint density at radius 3 is 2.63 bits per heavy atom. The third-order valence-electron chi connectivity index (χ3n) is 2.60. The number of alkyl halides is 2. The molecule has 2 N–H and O–H groups in total. The van der Waals surface area contributed by atoms with Gasteiger partial charge in [0.15, 0.2) is 5.75 Å². The van der Waals surface area contributed by atoms with Crippen LogP contribution in [0.15, 0.2) is 30.6 Å². The van der Waals surface area contributed by atoms with Gasteiger partial charge in [-0.2, -0.15) is 5.10 Å². The highest BCUT2D eigenvalue weighted by molar-refractivity contribution is 5.49. The van der Waals surface area contributed by atoms with Crippen molar-refractivity contribution >= 4 is 5.69 Å². The third kappa shape index (κ3) is 3.01. The van der Waals surface area contributed by atoms with Crippen LogP contribution < -0.4 is 10.5 Å². The van der Waals surface area contributed by atoms with Crippen LogP contribution in [0.25, 0.3) is 0 Å². The molecule has 0 bridgehead atoms. The molecule has 19 heavy (non-hydrogen) atoms. The third-order valence-corrected chi connectivity index (χ3v) is 2.60. The van der Waals surface area contributed by atoms with Crippen molar-refractivity contribution in [1.82, 2.24) is 9.78 Å². The van der Waals surface area contributed by atoms with Gasteiger partial charge in [0, 0.05) is 11.7 Å². The Hall–Kier alpha value is -2.11. The number of benzene rings is 1. The molecule has 0 aliphatic heterocycles. The first-order valence-corrected chi connectivity index (χ1v) is 5.87. The van der Waals surface area contributed by atoms with Gasteiger partial charge in [0.1, 0.15) is 5.75 Å². The molecule has 0 atom stereocenters. The maximum Gasteiger partial charge on any atom is 0.267 e. The average Bonchev–Trinajstić information content (AvgIpc) is 2.80. The number of ether oxygens (including phenoxy) is 1. The first-order chi connectivity index (χ1) is 8.97. The zero-order chi connectivity index (χ0) is 14.0. The van der Waals surface area contributed by atoms with E-state index in [9.17, 15) is 8.78 Å². The number of nitrogens with two attached hydrogens (primary N) is 1. The molecule has 102 valence electrons. The summed E-state index contributed by atoms with van der Waals surface area (Å²) in [7, 11) is 0. The monoisotopic (exact) mass is 267 g/mol. The number of nitrogen functional groups attached to an aromatic ring is 1. The fourth-order valence-corrected chi connectivity index (χ4v) is 1.61. The van der Waals surface area contributed by atoms with E-state index in [4.69, 9.17) is 10.5 Å². The van der Waals surface area contributed by atoms with E-state index in [2.05, 4.69) is 5.10 Å². The van der Waals surface area contributed by atoms with E-state index < -0.39 is 6.43 Å². The van der Waals surface area contributed by atoms with Crippen molar-refractivity contribution in [2.75, 3.05) is 5.73 Å². The Morgan fingerprint density at radius 1 is 1.32 bits per heavy atom. The van der Waals surface area contributed by atoms with E-state index in [1.807, 2.05) is 13.8 Å². The topological polar surface area (TPSA) is 53.1 Å². The highest BCUT2D eigenvalue weighted by Crippen LogP contribution is 2.33. The molecule has 0 unspecified atom stereocenters. The van der Waals surface area contributed by atoms with Gasteiger partial charge in [-0.25, -0.2) is 8.78 Å². The molecule has 0 saturated heterocycles. The number of hydrogen-bond donors (Lipinski definition) is 1. The normalized spacial score (nSPS) is 11.3. The minimum atomic E-state index is -2.64. The molecule has 0 spiro atoms. The second-order valence-corrected chi connectivity index (χ2v) is 4.45. The van der Waals surface area contributed by atoms with Crippen LogP contribution in [-0.2, 0) is 0 Å². The van der Waals surface area contributed by atoms with Crippen molar-refractivity contribution in [1.29, 1.82) is 0 Å². The fourth-order valence-electron chi connectivity index (χ4n) is 1.61. The summed E-state index contributed by atoms with van der Waals surface area (Å²) in [5, 5.41) is 4.08. The van der Waals surface area contributed by atoms with Crippen molar-refractivity contribution in [3.05, 3.63) is 36.2 Å². The molecular weight excluding hydrogens is 252 g/mol. The van der Waals surface area contributed by atoms with Crippen molar-refractivity contribution in [2.45, 2.75) is 26.3 Å². The van der Waals surface area contributed by atoms with Crippen LogP contribution in [0.5, 0.6) is 11.5 Å². The van der Waals surface area contributed by atoms with Gasteiger partial charge in [-0.3, -0.25) is 4.68 Å². The van der Waals surface area contributed by atoms with Gasteiger partial charge in [-0.05, 0) is 32.0 Å². The molecule has 1 aromatic carbocycles. The van der Waals surface area contributed by atoms with Crippen molar-refractivity contribution in [3.63, 3.8) is 0 Å². The summed E-state index contributed by atoms with van der Waals surface area (Å²) in [5.41, 5.74) is 5.55. The van der Waals surface area contributed by atoms with Crippen LogP contribution in [0.1, 0.15) is 31.9 Å². The standard InChI is InChI=1S/C13H15F2N3O/c1-8(2)18-7-10(6-17-18)19-12-4-3-9(16)5-11(12)13(14)15/h3-8,13H,16H2,1-2H3. The number of nitrogens with zero attached hydrogens (tertiary/aromatic N) is 2. The number of halogens is 2. The lowest BCUT2D eigenvalue weighted by Gasteiger charge is -2.10. The molecule has 1 aromatic heterocycles. The lowest BCUT2D eigenvalue weighted by molar-refractivity contribution is 0.148. The highest BCUT2D eigenvalue weighted by atomic mass is 19.3. The van der Waals surface area contributed by atoms with Gasteiger partial charge in [0.2, 0.25) is 0 Å². The van der Waals surface area contributed by atoms with Crippen LogP contribution in [0.2, 0.25) is 0 Å². The van der Waals surface area contributed by atoms with Gasteiger partial charge in [0.05, 0.1) is 18.0 Å². The Balaban J connectivity index is 2.27. The summed E-state index contributed by atoms with van der Waals surface area (Å²) >= 11 is 0. The van der Waals surface area contributed by atoms with E-state index in [0.29, 0.717) is 5.75 Å². The van der Waals surface area contributed by atoms with Crippen LogP contribution in [0.3, 0.4) is 0 Å². The largest absolute Gasteiger partial charge is 0.454 e. The fraction of sp³-hybridized carbons (Fsp3) is 0.308. The van der Waals surface area contributed by atoms with E-state index in [1.54, 1.807) is 10.9 Å². The predicted molar refractivity (Wildman–Crippen MR) is 68.5 cm³/mol. The molecule has 1 heterocycles. The van der Waals surface area contributed by atoms with Gasteiger partial charge < -0.3 is 10.5 Å². The SMILES string of the molecule is CC(C)n1cc(Oc2ccc(N)cc2C(F)F)cn1. The van der Waals surface area contributed by atoms with Crippen LogP contribution in [0.4, 0.5) is 14.5 Å². The molecule has 0 amide bonds. The minimum absolute atomic E-state index is 0.0903. The molecule has 0 radical (unpaired) electrons. The lowest BCUT2D eigenvalue weighted by atomic mass is 10.2. The van der Waals surface area contributed by atoms with Crippen LogP contribution in [0, 0.1) is 0 Å². The molecular formula is C13H15F2N3O. The molecule has 6 heteroatoms.